The van der Waals surface area contributed by atoms with Crippen LogP contribution in [0.1, 0.15) is 50.9 Å². The maximum atomic E-state index is 12.9. The van der Waals surface area contributed by atoms with Crippen LogP contribution in [0.2, 0.25) is 0 Å². The van der Waals surface area contributed by atoms with Gasteiger partial charge in [0.15, 0.2) is 5.58 Å². The van der Waals surface area contributed by atoms with Crippen LogP contribution < -0.4 is 9.62 Å². The molecule has 0 saturated heterocycles. The van der Waals surface area contributed by atoms with Gasteiger partial charge in [-0.1, -0.05) is 44.2 Å². The minimum absolute atomic E-state index is 0.0165. The molecule has 1 aromatic heterocycles. The summed E-state index contributed by atoms with van der Waals surface area (Å²) in [5.74, 6) is -1.32. The Bertz CT molecular complexity index is 1540. The van der Waals surface area contributed by atoms with Gasteiger partial charge in [-0.05, 0) is 86.7 Å². The van der Waals surface area contributed by atoms with Gasteiger partial charge in [-0.25, -0.2) is 14.0 Å². The molecule has 0 spiro atoms. The first-order valence-electron chi connectivity index (χ1n) is 12.8. The van der Waals surface area contributed by atoms with E-state index in [1.54, 1.807) is 77.1 Å². The highest BCUT2D eigenvalue weighted by Crippen LogP contribution is 2.29. The van der Waals surface area contributed by atoms with E-state index in [0.29, 0.717) is 22.5 Å². The molecule has 210 valence electrons. The van der Waals surface area contributed by atoms with Crippen LogP contribution in [-0.4, -0.2) is 37.3 Å². The molecule has 0 aliphatic rings. The number of carbonyl (C=O) groups is 2. The fourth-order valence-electron chi connectivity index (χ4n) is 4.21. The molecule has 1 heterocycles. The van der Waals surface area contributed by atoms with Gasteiger partial charge in [-0.3, -0.25) is 13.7 Å². The van der Waals surface area contributed by atoms with Crippen molar-refractivity contribution in [2.24, 2.45) is 5.92 Å². The summed E-state index contributed by atoms with van der Waals surface area (Å²) in [4.78, 5) is 29.8. The molecule has 2 N–H and O–H groups in total. The van der Waals surface area contributed by atoms with Crippen LogP contribution in [0.3, 0.4) is 0 Å². The number of hydrogen-bond acceptors (Lipinski definition) is 6. The molecule has 4 rings (SSSR count). The van der Waals surface area contributed by atoms with Crippen molar-refractivity contribution in [1.29, 1.82) is 0 Å². The molecule has 1 amide bonds. The maximum absolute atomic E-state index is 12.9. The van der Waals surface area contributed by atoms with Crippen molar-refractivity contribution in [3.63, 3.8) is 0 Å². The van der Waals surface area contributed by atoms with Gasteiger partial charge < -0.3 is 14.5 Å². The predicted octanol–water partition coefficient (Wildman–Crippen LogP) is 6.36. The Morgan fingerprint density at radius 1 is 1.00 bits per heavy atom. The van der Waals surface area contributed by atoms with Crippen LogP contribution in [0, 0.1) is 12.8 Å². The van der Waals surface area contributed by atoms with Crippen LogP contribution in [-0.2, 0) is 20.8 Å². The number of aromatic nitrogens is 1. The fourth-order valence-corrected chi connectivity index (χ4v) is 5.04. The molecule has 2 atom stereocenters. The summed E-state index contributed by atoms with van der Waals surface area (Å²) in [7, 11) is 0. The van der Waals surface area contributed by atoms with Gasteiger partial charge in [0, 0.05) is 5.69 Å². The summed E-state index contributed by atoms with van der Waals surface area (Å²) in [6.45, 7) is 10.8. The van der Waals surface area contributed by atoms with Crippen LogP contribution >= 0.6 is 0 Å². The van der Waals surface area contributed by atoms with Gasteiger partial charge in [0.25, 0.3) is 17.2 Å². The van der Waals surface area contributed by atoms with Crippen molar-refractivity contribution >= 4 is 45.6 Å². The first-order valence-corrected chi connectivity index (χ1v) is 13.9. The zero-order valence-electron chi connectivity index (χ0n) is 23.3. The second-order valence-corrected chi connectivity index (χ2v) is 11.7. The minimum Gasteiger partial charge on any atom is -0.458 e. The molecule has 3 aromatic carbocycles. The number of hydrogen-bond donors (Lipinski definition) is 2. The van der Waals surface area contributed by atoms with Gasteiger partial charge >= 0.3 is 11.9 Å². The van der Waals surface area contributed by atoms with E-state index in [4.69, 9.17) is 9.15 Å². The molecule has 0 aliphatic carbocycles. The lowest BCUT2D eigenvalue weighted by Crippen LogP contribution is -2.48. The lowest BCUT2D eigenvalue weighted by molar-refractivity contribution is -0.157. The molecular weight excluding hydrogens is 530 g/mol. The Kier molecular flexibility index (Phi) is 8.41. The van der Waals surface area contributed by atoms with Crippen molar-refractivity contribution < 1.29 is 27.5 Å². The second-order valence-electron chi connectivity index (χ2n) is 10.8. The number of esters is 1. The molecule has 10 heteroatoms. The lowest BCUT2D eigenvalue weighted by atomic mass is 10.0. The summed E-state index contributed by atoms with van der Waals surface area (Å²) in [6, 6.07) is 18.8. The van der Waals surface area contributed by atoms with Gasteiger partial charge in [0.2, 0.25) is 0 Å². The molecule has 0 bridgehead atoms. The average molecular weight is 564 g/mol. The third kappa shape index (κ3) is 6.75. The van der Waals surface area contributed by atoms with Crippen molar-refractivity contribution in [2.45, 2.75) is 53.2 Å². The third-order valence-electron chi connectivity index (χ3n) is 6.04. The number of amides is 1. The highest BCUT2D eigenvalue weighted by atomic mass is 32.2. The first kappa shape index (κ1) is 29.0. The molecule has 0 saturated carbocycles. The number of nitrogens with zero attached hydrogens (tertiary/aromatic N) is 2. The second kappa shape index (κ2) is 11.6. The predicted molar refractivity (Wildman–Crippen MR) is 156 cm³/mol. The molecule has 0 radical (unpaired) electrons. The number of nitrogens with one attached hydrogen (secondary N) is 1. The van der Waals surface area contributed by atoms with Crippen LogP contribution in [0.15, 0.2) is 71.1 Å². The van der Waals surface area contributed by atoms with E-state index in [2.05, 4.69) is 10.3 Å². The minimum atomic E-state index is -2.46. The summed E-state index contributed by atoms with van der Waals surface area (Å²) in [6.07, 6.45) is 0. The number of carbonyl (C=O) groups excluding carboxylic acids is 2. The van der Waals surface area contributed by atoms with Gasteiger partial charge in [-0.2, -0.15) is 0 Å². The Balaban J connectivity index is 1.49. The molecule has 40 heavy (non-hydrogen) atoms. The summed E-state index contributed by atoms with van der Waals surface area (Å²) < 4.78 is 34.7. The number of anilines is 2. The van der Waals surface area contributed by atoms with Gasteiger partial charge in [-0.15, -0.1) is 0 Å². The summed E-state index contributed by atoms with van der Waals surface area (Å²) in [5.41, 5.74) is 4.15. The maximum Gasteiger partial charge on any atom is 0.330 e. The number of oxazole rings is 1. The Hall–Kier alpha value is -4.02. The summed E-state index contributed by atoms with van der Waals surface area (Å²) in [5, 5.41) is 2.79. The lowest BCUT2D eigenvalue weighted by Gasteiger charge is -2.33. The normalized spacial score (nSPS) is 13.2. The molecule has 0 fully saturated rings. The Morgan fingerprint density at radius 2 is 1.60 bits per heavy atom. The van der Waals surface area contributed by atoms with Crippen molar-refractivity contribution in [2.75, 3.05) is 9.62 Å². The van der Waals surface area contributed by atoms with E-state index in [1.807, 2.05) is 31.2 Å². The van der Waals surface area contributed by atoms with Crippen LogP contribution in [0.4, 0.5) is 11.4 Å². The third-order valence-corrected chi connectivity index (χ3v) is 6.81. The van der Waals surface area contributed by atoms with E-state index in [9.17, 15) is 18.4 Å². The first-order chi connectivity index (χ1) is 18.8. The molecule has 2 unspecified atom stereocenters. The average Bonchev–Trinajstić information content (AvgIpc) is 3.30. The molecular formula is C30H33N3O6S. The number of aryl methyl sites for hydroxylation is 1. The van der Waals surface area contributed by atoms with Crippen LogP contribution in [0.25, 0.3) is 22.2 Å². The number of fused-ring (bicyclic) bond motifs is 1. The largest absolute Gasteiger partial charge is 0.458 e. The van der Waals surface area contributed by atoms with Crippen molar-refractivity contribution in [3.05, 3.63) is 78.2 Å². The molecule has 4 aromatic rings. The Labute approximate surface area is 236 Å². The highest BCUT2D eigenvalue weighted by molar-refractivity contribution is 7.80. The Morgan fingerprint density at radius 3 is 2.15 bits per heavy atom. The van der Waals surface area contributed by atoms with Crippen molar-refractivity contribution in [1.82, 2.24) is 4.98 Å². The molecule has 9 nitrogen and oxygen atoms in total. The van der Waals surface area contributed by atoms with E-state index in [-0.39, 0.29) is 11.8 Å². The number of rotatable bonds is 8. The van der Waals surface area contributed by atoms with E-state index in [0.717, 1.165) is 21.0 Å². The van der Waals surface area contributed by atoms with E-state index >= 15 is 0 Å². The zero-order chi connectivity index (χ0) is 29.2. The smallest absolute Gasteiger partial charge is 0.330 e. The SMILES string of the molecule is Cc1ccc2oc(C(=O)Nc3ccc(-c4ccc(N(C(C(=O)OC(C)(C)C)C(C)C)S(=O)O)cc4)cc3)nc2c1. The van der Waals surface area contributed by atoms with E-state index in [1.165, 1.54) is 0 Å². The standard InChI is InChI=1S/C30H33N3O6S/c1-18(2)26(29(35)39-30(4,5)6)33(40(36)37)23-14-10-21(11-15-23)20-8-12-22(13-9-20)31-27(34)28-32-24-17-19(3)7-16-25(24)38-28/h7-18,26H,1-6H3,(H,31,34)(H,36,37). The summed E-state index contributed by atoms with van der Waals surface area (Å²) >= 11 is -2.46. The highest BCUT2D eigenvalue weighted by Gasteiger charge is 2.36. The van der Waals surface area contributed by atoms with Gasteiger partial charge in [0.05, 0.1) is 5.69 Å². The number of benzene rings is 3. The topological polar surface area (TPSA) is 122 Å². The van der Waals surface area contributed by atoms with Gasteiger partial charge in [0.1, 0.15) is 17.2 Å². The van der Waals surface area contributed by atoms with Crippen LogP contribution in [0.5, 0.6) is 0 Å². The van der Waals surface area contributed by atoms with Crippen molar-refractivity contribution in [3.8, 4) is 11.1 Å². The number of ether oxygens (including phenoxy) is 1. The monoisotopic (exact) mass is 563 g/mol. The van der Waals surface area contributed by atoms with E-state index < -0.39 is 34.8 Å². The zero-order valence-corrected chi connectivity index (χ0v) is 24.1. The fraction of sp³-hybridized carbons (Fsp3) is 0.300. The quantitative estimate of drug-likeness (QED) is 0.189. The molecule has 0 aliphatic heterocycles.